The van der Waals surface area contributed by atoms with Gasteiger partial charge in [0.15, 0.2) is 0 Å². The van der Waals surface area contributed by atoms with Gasteiger partial charge in [-0.2, -0.15) is 0 Å². The highest BCUT2D eigenvalue weighted by Crippen LogP contribution is 2.24. The molecule has 3 rings (SSSR count). The van der Waals surface area contributed by atoms with Gasteiger partial charge in [0, 0.05) is 31.0 Å². The Labute approximate surface area is 156 Å². The largest absolute Gasteiger partial charge is 0.354 e. The van der Waals surface area contributed by atoms with Gasteiger partial charge in [0.1, 0.15) is 0 Å². The molecule has 2 aliphatic rings. The molecule has 1 aliphatic carbocycles. The number of nitrogens with one attached hydrogen (secondary N) is 3. The molecule has 1 saturated carbocycles. The van der Waals surface area contributed by atoms with E-state index in [1.165, 1.54) is 17.5 Å². The highest BCUT2D eigenvalue weighted by molar-refractivity contribution is 5.81. The molecule has 0 saturated heterocycles. The number of carbonyl (C=O) groups excluding carboxylic acids is 2. The number of hydrogen-bond donors (Lipinski definition) is 3. The molecule has 0 bridgehead atoms. The molecule has 5 heteroatoms. The molecule has 2 amide bonds. The van der Waals surface area contributed by atoms with E-state index < -0.39 is 0 Å². The van der Waals surface area contributed by atoms with Crippen LogP contribution in [0.4, 0.5) is 0 Å². The minimum Gasteiger partial charge on any atom is -0.354 e. The van der Waals surface area contributed by atoms with E-state index >= 15 is 0 Å². The first-order chi connectivity index (χ1) is 12.6. The van der Waals surface area contributed by atoms with Crippen LogP contribution in [0, 0.1) is 5.92 Å². The lowest BCUT2D eigenvalue weighted by Gasteiger charge is -2.27. The molecule has 1 aromatic rings. The maximum atomic E-state index is 12.3. The Bertz CT molecular complexity index is 625. The number of hydrogen-bond acceptors (Lipinski definition) is 3. The molecule has 2 atom stereocenters. The summed E-state index contributed by atoms with van der Waals surface area (Å²) in [5.41, 5.74) is 2.64. The number of fused-ring (bicyclic) bond motifs is 1. The van der Waals surface area contributed by atoms with Crippen LogP contribution < -0.4 is 16.0 Å². The fraction of sp³-hybridized carbons (Fsp3) is 0.619. The predicted octanol–water partition coefficient (Wildman–Crippen LogP) is 2.46. The lowest BCUT2D eigenvalue weighted by molar-refractivity contribution is -0.127. The first-order valence-corrected chi connectivity index (χ1v) is 10.0. The second-order valence-corrected chi connectivity index (χ2v) is 7.71. The van der Waals surface area contributed by atoms with Crippen molar-refractivity contribution >= 4 is 11.8 Å². The first-order valence-electron chi connectivity index (χ1n) is 10.0. The van der Waals surface area contributed by atoms with E-state index in [9.17, 15) is 9.59 Å². The Kier molecular flexibility index (Phi) is 6.67. The smallest absolute Gasteiger partial charge is 0.223 e. The zero-order valence-electron chi connectivity index (χ0n) is 15.7. The minimum atomic E-state index is -0.129. The van der Waals surface area contributed by atoms with Gasteiger partial charge >= 0.3 is 0 Å². The van der Waals surface area contributed by atoms with E-state index in [1.807, 2.05) is 13.0 Å². The van der Waals surface area contributed by atoms with E-state index in [2.05, 4.69) is 34.1 Å². The van der Waals surface area contributed by atoms with Crippen molar-refractivity contribution in [2.24, 2.45) is 5.92 Å². The van der Waals surface area contributed by atoms with Gasteiger partial charge in [-0.1, -0.05) is 43.5 Å². The maximum absolute atomic E-state index is 12.3. The van der Waals surface area contributed by atoms with Crippen LogP contribution in [0.5, 0.6) is 0 Å². The Hall–Kier alpha value is -1.88. The summed E-state index contributed by atoms with van der Waals surface area (Å²) >= 11 is 0. The molecular weight excluding hydrogens is 326 g/mol. The van der Waals surface area contributed by atoms with Crippen LogP contribution in [0.2, 0.25) is 0 Å². The Morgan fingerprint density at radius 3 is 2.77 bits per heavy atom. The second-order valence-electron chi connectivity index (χ2n) is 7.71. The normalized spacial score (nSPS) is 21.5. The molecule has 1 aromatic carbocycles. The molecule has 0 aromatic heterocycles. The van der Waals surface area contributed by atoms with Crippen molar-refractivity contribution in [3.8, 4) is 0 Å². The molecule has 0 radical (unpaired) electrons. The van der Waals surface area contributed by atoms with Crippen LogP contribution >= 0.6 is 0 Å². The average molecular weight is 357 g/mol. The third-order valence-electron chi connectivity index (χ3n) is 5.58. The van der Waals surface area contributed by atoms with Gasteiger partial charge in [-0.05, 0) is 43.9 Å². The number of rotatable bonds is 6. The van der Waals surface area contributed by atoms with Gasteiger partial charge in [0.2, 0.25) is 11.8 Å². The molecule has 3 N–H and O–H groups in total. The molecule has 5 nitrogen and oxygen atoms in total. The monoisotopic (exact) mass is 357 g/mol. The van der Waals surface area contributed by atoms with Crippen LogP contribution in [0.15, 0.2) is 24.3 Å². The zero-order chi connectivity index (χ0) is 18.4. The quantitative estimate of drug-likeness (QED) is 0.732. The van der Waals surface area contributed by atoms with Crippen molar-refractivity contribution in [3.05, 3.63) is 35.4 Å². The van der Waals surface area contributed by atoms with Gasteiger partial charge < -0.3 is 16.0 Å². The lowest BCUT2D eigenvalue weighted by atomic mass is 9.88. The van der Waals surface area contributed by atoms with Crippen molar-refractivity contribution in [1.82, 2.24) is 16.0 Å². The highest BCUT2D eigenvalue weighted by atomic mass is 16.2. The fourth-order valence-electron chi connectivity index (χ4n) is 4.12. The minimum absolute atomic E-state index is 0.00806. The Morgan fingerprint density at radius 1 is 1.19 bits per heavy atom. The maximum Gasteiger partial charge on any atom is 0.223 e. The summed E-state index contributed by atoms with van der Waals surface area (Å²) in [6.45, 7) is 3.43. The van der Waals surface area contributed by atoms with Crippen molar-refractivity contribution in [3.63, 3.8) is 0 Å². The summed E-state index contributed by atoms with van der Waals surface area (Å²) < 4.78 is 0. The standard InChI is InChI=1S/C21H31N3O2/c1-15(24-21(26)17-8-3-2-4-9-17)13-20(25)23-14-19-18-10-6-5-7-16(18)11-12-22-19/h5-7,10,15,17,19,22H,2-4,8-9,11-14H2,1H3,(H,23,25)(H,24,26). The van der Waals surface area contributed by atoms with E-state index in [0.717, 1.165) is 38.6 Å². The van der Waals surface area contributed by atoms with Crippen LogP contribution in [-0.4, -0.2) is 30.9 Å². The molecule has 142 valence electrons. The van der Waals surface area contributed by atoms with E-state index in [4.69, 9.17) is 0 Å². The van der Waals surface area contributed by atoms with Gasteiger partial charge in [-0.3, -0.25) is 9.59 Å². The van der Waals surface area contributed by atoms with Crippen molar-refractivity contribution in [2.45, 2.75) is 64.0 Å². The SMILES string of the molecule is CC(CC(=O)NCC1NCCc2ccccc21)NC(=O)C1CCCCC1. The number of benzene rings is 1. The molecule has 26 heavy (non-hydrogen) atoms. The predicted molar refractivity (Wildman–Crippen MR) is 103 cm³/mol. The van der Waals surface area contributed by atoms with Crippen molar-refractivity contribution in [1.29, 1.82) is 0 Å². The summed E-state index contributed by atoms with van der Waals surface area (Å²) in [5, 5.41) is 9.52. The second kappa shape index (κ2) is 9.17. The first kappa shape index (κ1) is 18.9. The van der Waals surface area contributed by atoms with Crippen LogP contribution in [0.25, 0.3) is 0 Å². The lowest BCUT2D eigenvalue weighted by Crippen LogP contribution is -2.43. The molecule has 0 spiro atoms. The van der Waals surface area contributed by atoms with Gasteiger partial charge in [0.25, 0.3) is 0 Å². The van der Waals surface area contributed by atoms with Crippen LogP contribution in [0.3, 0.4) is 0 Å². The third kappa shape index (κ3) is 5.07. The fourth-order valence-corrected chi connectivity index (χ4v) is 4.12. The summed E-state index contributed by atoms with van der Waals surface area (Å²) in [7, 11) is 0. The van der Waals surface area contributed by atoms with Crippen molar-refractivity contribution < 1.29 is 9.59 Å². The molecule has 1 fully saturated rings. The number of amides is 2. The molecule has 1 heterocycles. The van der Waals surface area contributed by atoms with Gasteiger partial charge in [-0.25, -0.2) is 0 Å². The van der Waals surface area contributed by atoms with E-state index in [1.54, 1.807) is 0 Å². The summed E-state index contributed by atoms with van der Waals surface area (Å²) in [6.07, 6.45) is 6.85. The van der Waals surface area contributed by atoms with Crippen molar-refractivity contribution in [2.75, 3.05) is 13.1 Å². The average Bonchev–Trinajstić information content (AvgIpc) is 2.67. The molecular formula is C21H31N3O2. The topological polar surface area (TPSA) is 70.2 Å². The Morgan fingerprint density at radius 2 is 1.96 bits per heavy atom. The Balaban J connectivity index is 1.42. The number of carbonyl (C=O) groups is 2. The summed E-state index contributed by atoms with van der Waals surface area (Å²) in [5.74, 6) is 0.247. The molecule has 2 unspecified atom stereocenters. The van der Waals surface area contributed by atoms with Crippen LogP contribution in [-0.2, 0) is 16.0 Å². The zero-order valence-corrected chi connectivity index (χ0v) is 15.7. The van der Waals surface area contributed by atoms with Gasteiger partial charge in [-0.15, -0.1) is 0 Å². The van der Waals surface area contributed by atoms with E-state index in [-0.39, 0.29) is 29.8 Å². The highest BCUT2D eigenvalue weighted by Gasteiger charge is 2.23. The molecule has 1 aliphatic heterocycles. The third-order valence-corrected chi connectivity index (χ3v) is 5.58. The van der Waals surface area contributed by atoms with Gasteiger partial charge in [0.05, 0.1) is 0 Å². The summed E-state index contributed by atoms with van der Waals surface area (Å²) in [4.78, 5) is 24.6. The van der Waals surface area contributed by atoms with E-state index in [0.29, 0.717) is 13.0 Å². The summed E-state index contributed by atoms with van der Waals surface area (Å²) in [6, 6.07) is 8.44. The van der Waals surface area contributed by atoms with Crippen LogP contribution in [0.1, 0.15) is 62.6 Å².